The van der Waals surface area contributed by atoms with Crippen molar-refractivity contribution in [2.75, 3.05) is 6.54 Å². The molecule has 0 heterocycles. The zero-order valence-electron chi connectivity index (χ0n) is 8.93. The Balaban J connectivity index is 0.000000583. The van der Waals surface area contributed by atoms with Crippen LogP contribution in [0.1, 0.15) is 24.8 Å². The van der Waals surface area contributed by atoms with Crippen LogP contribution in [0.15, 0.2) is 30.3 Å². The zero-order valence-corrected chi connectivity index (χ0v) is 8.93. The summed E-state index contributed by atoms with van der Waals surface area (Å²) in [6.07, 6.45) is 4.88. The first-order chi connectivity index (χ1) is 7.35. The van der Waals surface area contributed by atoms with E-state index in [1.807, 2.05) is 0 Å². The van der Waals surface area contributed by atoms with Crippen molar-refractivity contribution < 1.29 is 9.90 Å². The molecule has 0 aliphatic carbocycles. The van der Waals surface area contributed by atoms with Gasteiger partial charge in [0.25, 0.3) is 6.47 Å². The Morgan fingerprint density at radius 1 is 1.13 bits per heavy atom. The van der Waals surface area contributed by atoms with Crippen LogP contribution in [-0.4, -0.2) is 18.1 Å². The van der Waals surface area contributed by atoms with Crippen LogP contribution in [0.3, 0.4) is 0 Å². The van der Waals surface area contributed by atoms with Crippen molar-refractivity contribution in [2.24, 2.45) is 5.73 Å². The molecule has 15 heavy (non-hydrogen) atoms. The molecule has 0 radical (unpaired) electrons. The van der Waals surface area contributed by atoms with Crippen molar-refractivity contribution >= 4 is 6.47 Å². The first-order valence-electron chi connectivity index (χ1n) is 5.17. The molecule has 3 N–H and O–H groups in total. The highest BCUT2D eigenvalue weighted by Gasteiger charge is 1.90. The lowest BCUT2D eigenvalue weighted by Gasteiger charge is -1.99. The third kappa shape index (κ3) is 8.97. The largest absolute Gasteiger partial charge is 0.483 e. The zero-order chi connectivity index (χ0) is 11.4. The second-order valence-electron chi connectivity index (χ2n) is 3.19. The SMILES string of the molecule is NCCCCCc1ccccc1.O=CO. The summed E-state index contributed by atoms with van der Waals surface area (Å²) in [5.41, 5.74) is 6.85. The van der Waals surface area contributed by atoms with Gasteiger partial charge in [-0.05, 0) is 31.4 Å². The third-order valence-electron chi connectivity index (χ3n) is 2.01. The molecular formula is C12H19NO2. The van der Waals surface area contributed by atoms with Crippen LogP contribution in [0.4, 0.5) is 0 Å². The monoisotopic (exact) mass is 209 g/mol. The number of aryl methyl sites for hydroxylation is 1. The molecule has 0 aromatic heterocycles. The number of rotatable bonds is 5. The summed E-state index contributed by atoms with van der Waals surface area (Å²) in [6.45, 7) is 0.578. The summed E-state index contributed by atoms with van der Waals surface area (Å²) in [6, 6.07) is 10.6. The summed E-state index contributed by atoms with van der Waals surface area (Å²) in [5, 5.41) is 6.89. The Kier molecular flexibility index (Phi) is 9.76. The van der Waals surface area contributed by atoms with Gasteiger partial charge in [-0.25, -0.2) is 0 Å². The highest BCUT2D eigenvalue weighted by Crippen LogP contribution is 2.05. The van der Waals surface area contributed by atoms with Gasteiger partial charge < -0.3 is 10.8 Å². The summed E-state index contributed by atoms with van der Waals surface area (Å²) < 4.78 is 0. The fourth-order valence-electron chi connectivity index (χ4n) is 1.29. The van der Waals surface area contributed by atoms with Gasteiger partial charge >= 0.3 is 0 Å². The molecule has 0 bridgehead atoms. The number of carbonyl (C=O) groups is 1. The van der Waals surface area contributed by atoms with Gasteiger partial charge in [0.1, 0.15) is 0 Å². The van der Waals surface area contributed by atoms with Gasteiger partial charge in [-0.15, -0.1) is 0 Å². The van der Waals surface area contributed by atoms with Crippen LogP contribution in [-0.2, 0) is 11.2 Å². The van der Waals surface area contributed by atoms with E-state index in [1.165, 1.54) is 24.8 Å². The van der Waals surface area contributed by atoms with E-state index >= 15 is 0 Å². The third-order valence-corrected chi connectivity index (χ3v) is 2.01. The summed E-state index contributed by atoms with van der Waals surface area (Å²) in [7, 11) is 0. The van der Waals surface area contributed by atoms with Gasteiger partial charge in [-0.3, -0.25) is 4.79 Å². The van der Waals surface area contributed by atoms with E-state index in [9.17, 15) is 0 Å². The molecule has 1 aromatic rings. The average Bonchev–Trinajstić information content (AvgIpc) is 2.27. The lowest BCUT2D eigenvalue weighted by molar-refractivity contribution is -0.122. The molecule has 3 heteroatoms. The Labute approximate surface area is 90.9 Å². The molecular weight excluding hydrogens is 190 g/mol. The molecule has 0 aliphatic rings. The van der Waals surface area contributed by atoms with E-state index in [2.05, 4.69) is 30.3 Å². The minimum absolute atomic E-state index is 0.250. The van der Waals surface area contributed by atoms with E-state index in [0.717, 1.165) is 13.0 Å². The lowest BCUT2D eigenvalue weighted by atomic mass is 10.1. The van der Waals surface area contributed by atoms with E-state index in [0.29, 0.717) is 0 Å². The standard InChI is InChI=1S/C11H17N.CH2O2/c12-10-6-2-5-9-11-7-3-1-4-8-11;2-1-3/h1,3-4,7-8H,2,5-6,9-10,12H2;1H,(H,2,3). The highest BCUT2D eigenvalue weighted by molar-refractivity contribution is 5.32. The van der Waals surface area contributed by atoms with Crippen LogP contribution in [0.25, 0.3) is 0 Å². The Morgan fingerprint density at radius 3 is 2.27 bits per heavy atom. The van der Waals surface area contributed by atoms with Gasteiger partial charge in [0.2, 0.25) is 0 Å². The summed E-state index contributed by atoms with van der Waals surface area (Å²) >= 11 is 0. The lowest BCUT2D eigenvalue weighted by Crippen LogP contribution is -1.98. The molecule has 0 amide bonds. The van der Waals surface area contributed by atoms with Crippen molar-refractivity contribution in [3.63, 3.8) is 0 Å². The maximum atomic E-state index is 8.36. The van der Waals surface area contributed by atoms with Crippen LogP contribution < -0.4 is 5.73 Å². The van der Waals surface area contributed by atoms with Crippen molar-refractivity contribution in [3.05, 3.63) is 35.9 Å². The first kappa shape index (κ1) is 13.7. The number of carboxylic acid groups (broad SMARTS) is 1. The van der Waals surface area contributed by atoms with Crippen molar-refractivity contribution in [2.45, 2.75) is 25.7 Å². The van der Waals surface area contributed by atoms with E-state index < -0.39 is 0 Å². The van der Waals surface area contributed by atoms with Gasteiger partial charge in [0.05, 0.1) is 0 Å². The quantitative estimate of drug-likeness (QED) is 0.576. The Hall–Kier alpha value is -1.35. The fraction of sp³-hybridized carbons (Fsp3) is 0.417. The second kappa shape index (κ2) is 10.7. The molecule has 3 nitrogen and oxygen atoms in total. The second-order valence-corrected chi connectivity index (χ2v) is 3.19. The highest BCUT2D eigenvalue weighted by atomic mass is 16.3. The Bertz CT molecular complexity index is 237. The average molecular weight is 209 g/mol. The van der Waals surface area contributed by atoms with Crippen LogP contribution >= 0.6 is 0 Å². The molecule has 0 spiro atoms. The molecule has 1 aromatic carbocycles. The predicted molar refractivity (Wildman–Crippen MR) is 61.7 cm³/mol. The predicted octanol–water partition coefficient (Wildman–Crippen LogP) is 2.06. The van der Waals surface area contributed by atoms with Crippen LogP contribution in [0.5, 0.6) is 0 Å². The smallest absolute Gasteiger partial charge is 0.290 e. The van der Waals surface area contributed by atoms with E-state index in [1.54, 1.807) is 0 Å². The first-order valence-corrected chi connectivity index (χ1v) is 5.17. The molecule has 0 unspecified atom stereocenters. The van der Waals surface area contributed by atoms with Gasteiger partial charge in [0, 0.05) is 0 Å². The van der Waals surface area contributed by atoms with E-state index in [-0.39, 0.29) is 6.47 Å². The van der Waals surface area contributed by atoms with Crippen molar-refractivity contribution in [1.29, 1.82) is 0 Å². The molecule has 0 saturated heterocycles. The van der Waals surface area contributed by atoms with Crippen LogP contribution in [0.2, 0.25) is 0 Å². The topological polar surface area (TPSA) is 63.3 Å². The van der Waals surface area contributed by atoms with Crippen molar-refractivity contribution in [3.8, 4) is 0 Å². The summed E-state index contributed by atoms with van der Waals surface area (Å²) in [4.78, 5) is 8.36. The molecule has 84 valence electrons. The molecule has 0 atom stereocenters. The molecule has 0 aliphatic heterocycles. The van der Waals surface area contributed by atoms with Gasteiger partial charge in [0.15, 0.2) is 0 Å². The molecule has 1 rings (SSSR count). The molecule has 0 fully saturated rings. The van der Waals surface area contributed by atoms with Gasteiger partial charge in [-0.2, -0.15) is 0 Å². The maximum absolute atomic E-state index is 8.36. The molecule has 0 saturated carbocycles. The number of unbranched alkanes of at least 4 members (excludes halogenated alkanes) is 2. The summed E-state index contributed by atoms with van der Waals surface area (Å²) in [5.74, 6) is 0. The maximum Gasteiger partial charge on any atom is 0.290 e. The number of nitrogens with two attached hydrogens (primary N) is 1. The van der Waals surface area contributed by atoms with E-state index in [4.69, 9.17) is 15.6 Å². The number of hydrogen-bond donors (Lipinski definition) is 2. The minimum Gasteiger partial charge on any atom is -0.483 e. The number of hydrogen-bond acceptors (Lipinski definition) is 2. The number of benzene rings is 1. The van der Waals surface area contributed by atoms with Gasteiger partial charge in [-0.1, -0.05) is 36.8 Å². The van der Waals surface area contributed by atoms with Crippen LogP contribution in [0, 0.1) is 0 Å². The fourth-order valence-corrected chi connectivity index (χ4v) is 1.29. The Morgan fingerprint density at radius 2 is 1.73 bits per heavy atom. The van der Waals surface area contributed by atoms with Crippen molar-refractivity contribution in [1.82, 2.24) is 0 Å². The minimum atomic E-state index is -0.250. The normalized spacial score (nSPS) is 8.87.